The first-order chi connectivity index (χ1) is 12.8. The fraction of sp³-hybridized carbons (Fsp3) is 0.727. The number of aryl methyl sites for hydroxylation is 1. The lowest BCUT2D eigenvalue weighted by Gasteiger charge is -2.32. The molecule has 1 N–H and O–H groups in total. The molecule has 0 aromatic carbocycles. The van der Waals surface area contributed by atoms with E-state index in [9.17, 15) is 9.59 Å². The summed E-state index contributed by atoms with van der Waals surface area (Å²) in [7, 11) is 0. The molecule has 27 heavy (non-hydrogen) atoms. The van der Waals surface area contributed by atoms with Crippen LogP contribution in [0.3, 0.4) is 0 Å². The second-order valence-corrected chi connectivity index (χ2v) is 8.82. The van der Waals surface area contributed by atoms with Gasteiger partial charge in [0.15, 0.2) is 0 Å². The van der Waals surface area contributed by atoms with Crippen LogP contribution in [0.25, 0.3) is 0 Å². The van der Waals surface area contributed by atoms with Crippen molar-refractivity contribution >= 4 is 11.8 Å². The van der Waals surface area contributed by atoms with Gasteiger partial charge in [-0.1, -0.05) is 20.8 Å². The molecule has 1 saturated carbocycles. The standard InChI is InChI=1S/C22H34N2O3/c1-14(2)16(4)23-22(26)17-9-11-24(12-10-17)21(25)8-6-18-5-7-20(27-18)19-13-15(19)3/h5,7,14-17,19H,6,8-13H2,1-4H3,(H,23,26). The van der Waals surface area contributed by atoms with E-state index in [4.69, 9.17) is 4.42 Å². The maximum atomic E-state index is 12.5. The Morgan fingerprint density at radius 2 is 1.89 bits per heavy atom. The predicted molar refractivity (Wildman–Crippen MR) is 105 cm³/mol. The molecule has 1 aliphatic carbocycles. The van der Waals surface area contributed by atoms with Gasteiger partial charge in [0, 0.05) is 43.8 Å². The zero-order valence-corrected chi connectivity index (χ0v) is 17.2. The third-order valence-corrected chi connectivity index (χ3v) is 6.33. The van der Waals surface area contributed by atoms with Crippen molar-refractivity contribution in [1.82, 2.24) is 10.2 Å². The molecule has 1 aliphatic heterocycles. The third kappa shape index (κ3) is 5.14. The van der Waals surface area contributed by atoms with Gasteiger partial charge in [-0.25, -0.2) is 0 Å². The highest BCUT2D eigenvalue weighted by Gasteiger charge is 2.36. The Morgan fingerprint density at radius 3 is 2.48 bits per heavy atom. The molecule has 3 rings (SSSR count). The third-order valence-electron chi connectivity index (χ3n) is 6.33. The molecule has 2 heterocycles. The van der Waals surface area contributed by atoms with Crippen molar-refractivity contribution in [1.29, 1.82) is 0 Å². The molecule has 150 valence electrons. The molecule has 5 heteroatoms. The number of hydrogen-bond acceptors (Lipinski definition) is 3. The number of furan rings is 1. The number of amides is 2. The van der Waals surface area contributed by atoms with Crippen LogP contribution >= 0.6 is 0 Å². The van der Waals surface area contributed by atoms with Crippen LogP contribution in [0.15, 0.2) is 16.5 Å². The molecule has 0 radical (unpaired) electrons. The van der Waals surface area contributed by atoms with E-state index in [0.29, 0.717) is 37.8 Å². The molecule has 0 spiro atoms. The summed E-state index contributed by atoms with van der Waals surface area (Å²) in [6, 6.07) is 4.27. The first kappa shape index (κ1) is 20.0. The quantitative estimate of drug-likeness (QED) is 0.791. The maximum absolute atomic E-state index is 12.5. The minimum absolute atomic E-state index is 0.0309. The van der Waals surface area contributed by atoms with E-state index in [0.717, 1.165) is 30.3 Å². The Morgan fingerprint density at radius 1 is 1.22 bits per heavy atom. The zero-order chi connectivity index (χ0) is 19.6. The average Bonchev–Trinajstić information content (AvgIpc) is 3.19. The Balaban J connectivity index is 1.39. The molecule has 1 aromatic heterocycles. The summed E-state index contributed by atoms with van der Waals surface area (Å²) in [6.07, 6.45) is 3.87. The Hall–Kier alpha value is -1.78. The molecule has 2 aliphatic rings. The summed E-state index contributed by atoms with van der Waals surface area (Å²) in [6.45, 7) is 9.86. The van der Waals surface area contributed by atoms with Crippen molar-refractivity contribution < 1.29 is 14.0 Å². The molecule has 5 nitrogen and oxygen atoms in total. The average molecular weight is 375 g/mol. The molecule has 2 amide bonds. The monoisotopic (exact) mass is 374 g/mol. The topological polar surface area (TPSA) is 62.6 Å². The van der Waals surface area contributed by atoms with E-state index in [1.54, 1.807) is 0 Å². The van der Waals surface area contributed by atoms with Gasteiger partial charge in [-0.15, -0.1) is 0 Å². The summed E-state index contributed by atoms with van der Waals surface area (Å²) < 4.78 is 5.90. The molecule has 3 unspecified atom stereocenters. The number of nitrogens with one attached hydrogen (secondary N) is 1. The van der Waals surface area contributed by atoms with Crippen LogP contribution in [0.5, 0.6) is 0 Å². The van der Waals surface area contributed by atoms with Crippen molar-refractivity contribution in [3.8, 4) is 0 Å². The number of carbonyl (C=O) groups is 2. The summed E-state index contributed by atoms with van der Waals surface area (Å²) in [5.41, 5.74) is 0. The lowest BCUT2D eigenvalue weighted by Crippen LogP contribution is -2.45. The highest BCUT2D eigenvalue weighted by molar-refractivity contribution is 5.80. The first-order valence-corrected chi connectivity index (χ1v) is 10.5. The molecular formula is C22H34N2O3. The van der Waals surface area contributed by atoms with Crippen molar-refractivity contribution in [2.45, 2.75) is 71.8 Å². The zero-order valence-electron chi connectivity index (χ0n) is 17.2. The van der Waals surface area contributed by atoms with Gasteiger partial charge in [0.1, 0.15) is 11.5 Å². The fourth-order valence-corrected chi connectivity index (χ4v) is 3.73. The predicted octanol–water partition coefficient (Wildman–Crippen LogP) is 3.73. The number of piperidine rings is 1. The van der Waals surface area contributed by atoms with Gasteiger partial charge < -0.3 is 14.6 Å². The number of nitrogens with zero attached hydrogens (tertiary/aromatic N) is 1. The van der Waals surface area contributed by atoms with Crippen LogP contribution in [0.2, 0.25) is 0 Å². The van der Waals surface area contributed by atoms with Gasteiger partial charge in [-0.3, -0.25) is 9.59 Å². The second-order valence-electron chi connectivity index (χ2n) is 8.82. The number of hydrogen-bond donors (Lipinski definition) is 1. The van der Waals surface area contributed by atoms with Crippen molar-refractivity contribution in [3.63, 3.8) is 0 Å². The van der Waals surface area contributed by atoms with Gasteiger partial charge in [-0.05, 0) is 50.2 Å². The maximum Gasteiger partial charge on any atom is 0.223 e. The SMILES string of the molecule is CC(C)C(C)NC(=O)C1CCN(C(=O)CCc2ccc(C3CC3C)o2)CC1. The Labute approximate surface area is 162 Å². The van der Waals surface area contributed by atoms with Gasteiger partial charge in [-0.2, -0.15) is 0 Å². The summed E-state index contributed by atoms with van der Waals surface area (Å²) >= 11 is 0. The van der Waals surface area contributed by atoms with Crippen LogP contribution in [-0.2, 0) is 16.0 Å². The van der Waals surface area contributed by atoms with Crippen LogP contribution < -0.4 is 5.32 Å². The van der Waals surface area contributed by atoms with E-state index in [1.165, 1.54) is 6.42 Å². The van der Waals surface area contributed by atoms with Crippen molar-refractivity contribution in [2.75, 3.05) is 13.1 Å². The van der Waals surface area contributed by atoms with Crippen LogP contribution in [0, 0.1) is 17.8 Å². The van der Waals surface area contributed by atoms with E-state index in [1.807, 2.05) is 17.9 Å². The van der Waals surface area contributed by atoms with Gasteiger partial charge >= 0.3 is 0 Å². The minimum Gasteiger partial charge on any atom is -0.466 e. The van der Waals surface area contributed by atoms with E-state index in [-0.39, 0.29) is 23.8 Å². The van der Waals surface area contributed by atoms with Crippen LogP contribution in [0.1, 0.15) is 70.8 Å². The molecule has 1 aromatic rings. The second kappa shape index (κ2) is 8.49. The number of rotatable bonds is 7. The van der Waals surface area contributed by atoms with Crippen molar-refractivity contribution in [2.24, 2.45) is 17.8 Å². The highest BCUT2D eigenvalue weighted by Crippen LogP contribution is 2.47. The largest absolute Gasteiger partial charge is 0.466 e. The van der Waals surface area contributed by atoms with Gasteiger partial charge in [0.2, 0.25) is 11.8 Å². The lowest BCUT2D eigenvalue weighted by molar-refractivity contribution is -0.135. The van der Waals surface area contributed by atoms with Crippen molar-refractivity contribution in [3.05, 3.63) is 23.7 Å². The minimum atomic E-state index is 0.0309. The van der Waals surface area contributed by atoms with E-state index >= 15 is 0 Å². The number of likely N-dealkylation sites (tertiary alicyclic amines) is 1. The summed E-state index contributed by atoms with van der Waals surface area (Å²) in [5, 5.41) is 3.10. The van der Waals surface area contributed by atoms with Crippen LogP contribution in [0.4, 0.5) is 0 Å². The number of carbonyl (C=O) groups excluding carboxylic acids is 2. The Kier molecular flexibility index (Phi) is 6.28. The van der Waals surface area contributed by atoms with E-state index < -0.39 is 0 Å². The fourth-order valence-electron chi connectivity index (χ4n) is 3.73. The van der Waals surface area contributed by atoms with Crippen LogP contribution in [-0.4, -0.2) is 35.8 Å². The summed E-state index contributed by atoms with van der Waals surface area (Å²) in [5.74, 6) is 4.07. The molecule has 2 fully saturated rings. The molecular weight excluding hydrogens is 340 g/mol. The summed E-state index contributed by atoms with van der Waals surface area (Å²) in [4.78, 5) is 26.8. The highest BCUT2D eigenvalue weighted by atomic mass is 16.3. The van der Waals surface area contributed by atoms with Gasteiger partial charge in [0.05, 0.1) is 0 Å². The smallest absolute Gasteiger partial charge is 0.223 e. The molecule has 1 saturated heterocycles. The molecule has 0 bridgehead atoms. The Bertz CT molecular complexity index is 658. The van der Waals surface area contributed by atoms with Gasteiger partial charge in [0.25, 0.3) is 0 Å². The molecule has 3 atom stereocenters. The lowest BCUT2D eigenvalue weighted by atomic mass is 9.94. The van der Waals surface area contributed by atoms with E-state index in [2.05, 4.69) is 32.2 Å². The normalized spacial score (nSPS) is 24.1. The first-order valence-electron chi connectivity index (χ1n) is 10.5.